The Balaban J connectivity index is 4.41. The van der Waals surface area contributed by atoms with Crippen LogP contribution in [0, 0.1) is 0 Å². The number of carbonyl (C=O) groups excluding carboxylic acids is 3. The van der Waals surface area contributed by atoms with Crippen molar-refractivity contribution >= 4 is 17.9 Å². The van der Waals surface area contributed by atoms with Gasteiger partial charge >= 0.3 is 17.9 Å². The third-order valence-electron chi connectivity index (χ3n) is 11.6. The largest absolute Gasteiger partial charge is 0.462 e. The number of hydrogen-bond acceptors (Lipinski definition) is 6. The van der Waals surface area contributed by atoms with Gasteiger partial charge in [-0.3, -0.25) is 14.4 Å². The van der Waals surface area contributed by atoms with Crippen LogP contribution in [0.3, 0.4) is 0 Å². The maximum absolute atomic E-state index is 12.8. The molecule has 0 spiro atoms. The van der Waals surface area contributed by atoms with E-state index < -0.39 is 6.10 Å². The van der Waals surface area contributed by atoms with E-state index in [0.29, 0.717) is 19.3 Å². The number of ether oxygens (including phenoxy) is 3. The number of allylic oxidation sites excluding steroid dienone is 8. The molecule has 0 aromatic rings. The molecule has 0 fully saturated rings. The molecule has 360 valence electrons. The van der Waals surface area contributed by atoms with Crippen LogP contribution in [0.4, 0.5) is 0 Å². The van der Waals surface area contributed by atoms with Crippen LogP contribution < -0.4 is 0 Å². The zero-order valence-electron chi connectivity index (χ0n) is 41.1. The Bertz CT molecular complexity index is 1090. The van der Waals surface area contributed by atoms with E-state index in [2.05, 4.69) is 63.3 Å². The predicted octanol–water partition coefficient (Wildman–Crippen LogP) is 17.5. The number of hydrogen-bond donors (Lipinski definition) is 0. The van der Waals surface area contributed by atoms with Gasteiger partial charge in [0.2, 0.25) is 0 Å². The molecule has 0 bridgehead atoms. The lowest BCUT2D eigenvalue weighted by atomic mass is 10.0. The summed E-state index contributed by atoms with van der Waals surface area (Å²) in [5.74, 6) is -0.960. The average Bonchev–Trinajstić information content (AvgIpc) is 3.27. The standard InChI is InChI=1S/C56H100O6/c1-4-7-10-13-16-19-22-25-27-28-29-32-34-37-40-43-46-49-55(58)61-52-53(51-60-54(57)48-45-42-39-36-33-30-24-21-18-15-12-9-6-3)62-56(59)50-47-44-41-38-35-31-26-23-20-17-14-11-8-5-2/h16,19,25,27,30,33,39,42,53H,4-15,17-18,20-24,26,28-29,31-32,34-38,40-41,43-52H2,1-3H3/b19-16-,27-25-,33-30-,42-39-. The van der Waals surface area contributed by atoms with Gasteiger partial charge in [0, 0.05) is 19.3 Å². The minimum Gasteiger partial charge on any atom is -0.462 e. The normalized spacial score (nSPS) is 12.4. The molecule has 62 heavy (non-hydrogen) atoms. The van der Waals surface area contributed by atoms with Crippen LogP contribution in [0.2, 0.25) is 0 Å². The van der Waals surface area contributed by atoms with Crippen molar-refractivity contribution in [3.8, 4) is 0 Å². The van der Waals surface area contributed by atoms with Crippen molar-refractivity contribution in [1.29, 1.82) is 0 Å². The molecule has 0 aliphatic rings. The van der Waals surface area contributed by atoms with Gasteiger partial charge in [0.1, 0.15) is 13.2 Å². The SMILES string of the molecule is CCCCC/C=C\C/C=C\CCCCCCCCCC(=O)OCC(COC(=O)CC/C=C\C/C=C\CCCCCCCC)OC(=O)CCCCCCCCCCCCCCCC. The second-order valence-corrected chi connectivity index (χ2v) is 17.8. The summed E-state index contributed by atoms with van der Waals surface area (Å²) in [5, 5.41) is 0. The molecular formula is C56H100O6. The quantitative estimate of drug-likeness (QED) is 0.0262. The van der Waals surface area contributed by atoms with E-state index in [1.54, 1.807) is 0 Å². The highest BCUT2D eigenvalue weighted by Gasteiger charge is 2.19. The summed E-state index contributed by atoms with van der Waals surface area (Å²) in [5.41, 5.74) is 0. The molecule has 0 aliphatic carbocycles. The van der Waals surface area contributed by atoms with E-state index in [1.807, 2.05) is 6.08 Å². The van der Waals surface area contributed by atoms with Crippen molar-refractivity contribution in [2.24, 2.45) is 0 Å². The Labute approximate surface area is 384 Å². The third kappa shape index (κ3) is 48.4. The predicted molar refractivity (Wildman–Crippen MR) is 265 cm³/mol. The fraction of sp³-hybridized carbons (Fsp3) is 0.804. The Morgan fingerprint density at radius 2 is 0.613 bits per heavy atom. The van der Waals surface area contributed by atoms with Gasteiger partial charge in [-0.1, -0.05) is 230 Å². The zero-order chi connectivity index (χ0) is 45.1. The zero-order valence-corrected chi connectivity index (χ0v) is 41.1. The lowest BCUT2D eigenvalue weighted by molar-refractivity contribution is -0.166. The van der Waals surface area contributed by atoms with Gasteiger partial charge in [-0.25, -0.2) is 0 Å². The Morgan fingerprint density at radius 3 is 1.02 bits per heavy atom. The van der Waals surface area contributed by atoms with Crippen LogP contribution in [0.1, 0.15) is 271 Å². The van der Waals surface area contributed by atoms with E-state index in [1.165, 1.54) is 161 Å². The summed E-state index contributed by atoms with van der Waals surface area (Å²) in [6, 6.07) is 0. The van der Waals surface area contributed by atoms with Crippen molar-refractivity contribution < 1.29 is 28.6 Å². The maximum atomic E-state index is 12.8. The summed E-state index contributed by atoms with van der Waals surface area (Å²) in [4.78, 5) is 38.0. The highest BCUT2D eigenvalue weighted by atomic mass is 16.6. The van der Waals surface area contributed by atoms with E-state index in [0.717, 1.165) is 64.2 Å². The van der Waals surface area contributed by atoms with E-state index in [4.69, 9.17) is 14.2 Å². The summed E-state index contributed by atoms with van der Waals surface area (Å²) < 4.78 is 16.7. The molecule has 0 aromatic carbocycles. The molecule has 0 heterocycles. The second kappa shape index (κ2) is 51.0. The first-order valence-electron chi connectivity index (χ1n) is 26.6. The molecule has 0 saturated heterocycles. The molecule has 0 amide bonds. The lowest BCUT2D eigenvalue weighted by Gasteiger charge is -2.18. The third-order valence-corrected chi connectivity index (χ3v) is 11.6. The molecule has 6 nitrogen and oxygen atoms in total. The minimum atomic E-state index is -0.795. The number of rotatable bonds is 48. The fourth-order valence-corrected chi connectivity index (χ4v) is 7.53. The molecule has 0 radical (unpaired) electrons. The van der Waals surface area contributed by atoms with Gasteiger partial charge in [-0.15, -0.1) is 0 Å². The molecular weight excluding hydrogens is 769 g/mol. The highest BCUT2D eigenvalue weighted by Crippen LogP contribution is 2.15. The van der Waals surface area contributed by atoms with Crippen molar-refractivity contribution in [3.05, 3.63) is 48.6 Å². The van der Waals surface area contributed by atoms with Gasteiger partial charge < -0.3 is 14.2 Å². The van der Waals surface area contributed by atoms with Crippen LogP contribution in [0.5, 0.6) is 0 Å². The van der Waals surface area contributed by atoms with Crippen molar-refractivity contribution in [2.75, 3.05) is 13.2 Å². The first kappa shape index (κ1) is 59.4. The maximum Gasteiger partial charge on any atom is 0.306 e. The Morgan fingerprint density at radius 1 is 0.323 bits per heavy atom. The molecule has 0 saturated carbocycles. The smallest absolute Gasteiger partial charge is 0.306 e. The van der Waals surface area contributed by atoms with Crippen LogP contribution in [0.25, 0.3) is 0 Å². The monoisotopic (exact) mass is 869 g/mol. The summed E-state index contributed by atoms with van der Waals surface area (Å²) >= 11 is 0. The molecule has 0 rings (SSSR count). The lowest BCUT2D eigenvalue weighted by Crippen LogP contribution is -2.30. The van der Waals surface area contributed by atoms with Gasteiger partial charge in [0.25, 0.3) is 0 Å². The highest BCUT2D eigenvalue weighted by molar-refractivity contribution is 5.71. The van der Waals surface area contributed by atoms with Gasteiger partial charge in [0.15, 0.2) is 6.10 Å². The fourth-order valence-electron chi connectivity index (χ4n) is 7.53. The number of carbonyl (C=O) groups is 3. The number of unbranched alkanes of at least 4 members (excludes halogenated alkanes) is 29. The van der Waals surface area contributed by atoms with Crippen LogP contribution in [-0.4, -0.2) is 37.2 Å². The molecule has 6 heteroatoms. The molecule has 1 unspecified atom stereocenters. The molecule has 0 aromatic heterocycles. The van der Waals surface area contributed by atoms with E-state index in [9.17, 15) is 14.4 Å². The Kier molecular flexibility index (Phi) is 48.8. The first-order chi connectivity index (χ1) is 30.5. The van der Waals surface area contributed by atoms with Crippen LogP contribution in [0.15, 0.2) is 48.6 Å². The average molecular weight is 869 g/mol. The van der Waals surface area contributed by atoms with Gasteiger partial charge in [-0.2, -0.15) is 0 Å². The second-order valence-electron chi connectivity index (χ2n) is 17.8. The number of esters is 3. The molecule has 0 N–H and O–H groups in total. The first-order valence-corrected chi connectivity index (χ1v) is 26.6. The van der Waals surface area contributed by atoms with Gasteiger partial charge in [0.05, 0.1) is 0 Å². The van der Waals surface area contributed by atoms with Crippen molar-refractivity contribution in [3.63, 3.8) is 0 Å². The Hall–Kier alpha value is -2.63. The van der Waals surface area contributed by atoms with Crippen LogP contribution >= 0.6 is 0 Å². The van der Waals surface area contributed by atoms with E-state index in [-0.39, 0.29) is 37.5 Å². The summed E-state index contributed by atoms with van der Waals surface area (Å²) in [7, 11) is 0. The van der Waals surface area contributed by atoms with Crippen molar-refractivity contribution in [2.45, 2.75) is 277 Å². The topological polar surface area (TPSA) is 78.9 Å². The van der Waals surface area contributed by atoms with Crippen LogP contribution in [-0.2, 0) is 28.6 Å². The summed E-state index contributed by atoms with van der Waals surface area (Å²) in [6.07, 6.45) is 61.0. The molecule has 0 aliphatic heterocycles. The molecule has 1 atom stereocenters. The van der Waals surface area contributed by atoms with Gasteiger partial charge in [-0.05, 0) is 70.6 Å². The van der Waals surface area contributed by atoms with E-state index >= 15 is 0 Å². The summed E-state index contributed by atoms with van der Waals surface area (Å²) in [6.45, 7) is 6.56. The van der Waals surface area contributed by atoms with Crippen molar-refractivity contribution in [1.82, 2.24) is 0 Å². The minimum absolute atomic E-state index is 0.0920.